The molecule has 1 unspecified atom stereocenters. The van der Waals surface area contributed by atoms with Crippen molar-refractivity contribution >= 4 is 5.69 Å². The molecule has 100 valence electrons. The number of hydrogen-bond donors (Lipinski definition) is 1. The van der Waals surface area contributed by atoms with Gasteiger partial charge in [0.25, 0.3) is 0 Å². The van der Waals surface area contributed by atoms with Gasteiger partial charge in [0, 0.05) is 24.3 Å². The standard InChI is InChI=1S/C16H26N2/c1-5-8-18-15-7-6-13(11-17)9-14(15)12(2)10-16(18,3)4/h6-7,9,12H,5,8,10-11,17H2,1-4H3. The van der Waals surface area contributed by atoms with Crippen LogP contribution in [0.15, 0.2) is 18.2 Å². The highest BCUT2D eigenvalue weighted by Crippen LogP contribution is 2.43. The molecular weight excluding hydrogens is 220 g/mol. The third-order valence-electron chi connectivity index (χ3n) is 4.13. The van der Waals surface area contributed by atoms with Crippen LogP contribution >= 0.6 is 0 Å². The predicted molar refractivity (Wildman–Crippen MR) is 79.1 cm³/mol. The van der Waals surface area contributed by atoms with Crippen LogP contribution in [0.5, 0.6) is 0 Å². The predicted octanol–water partition coefficient (Wildman–Crippen LogP) is 3.65. The Kier molecular flexibility index (Phi) is 3.67. The number of benzene rings is 1. The molecule has 2 N–H and O–H groups in total. The Balaban J connectivity index is 2.47. The van der Waals surface area contributed by atoms with E-state index in [0.717, 1.165) is 6.54 Å². The minimum absolute atomic E-state index is 0.257. The Morgan fingerprint density at radius 1 is 1.39 bits per heavy atom. The van der Waals surface area contributed by atoms with Crippen LogP contribution in [0.25, 0.3) is 0 Å². The summed E-state index contributed by atoms with van der Waals surface area (Å²) in [4.78, 5) is 2.57. The summed E-state index contributed by atoms with van der Waals surface area (Å²) in [6.45, 7) is 11.1. The van der Waals surface area contributed by atoms with Gasteiger partial charge in [-0.05, 0) is 49.8 Å². The first-order valence-corrected chi connectivity index (χ1v) is 7.10. The highest BCUT2D eigenvalue weighted by molar-refractivity contribution is 5.60. The van der Waals surface area contributed by atoms with Crippen LogP contribution in [-0.2, 0) is 6.54 Å². The Morgan fingerprint density at radius 3 is 2.72 bits per heavy atom. The van der Waals surface area contributed by atoms with Crippen molar-refractivity contribution in [3.05, 3.63) is 29.3 Å². The van der Waals surface area contributed by atoms with E-state index in [-0.39, 0.29) is 5.54 Å². The highest BCUT2D eigenvalue weighted by atomic mass is 15.2. The zero-order valence-corrected chi connectivity index (χ0v) is 12.2. The lowest BCUT2D eigenvalue weighted by Gasteiger charge is -2.47. The molecule has 2 nitrogen and oxygen atoms in total. The molecule has 1 aromatic rings. The first-order valence-electron chi connectivity index (χ1n) is 7.10. The van der Waals surface area contributed by atoms with Gasteiger partial charge in [-0.25, -0.2) is 0 Å². The summed E-state index contributed by atoms with van der Waals surface area (Å²) in [5, 5.41) is 0. The maximum Gasteiger partial charge on any atom is 0.0406 e. The van der Waals surface area contributed by atoms with Crippen molar-refractivity contribution in [3.8, 4) is 0 Å². The van der Waals surface area contributed by atoms with Gasteiger partial charge >= 0.3 is 0 Å². The highest BCUT2D eigenvalue weighted by Gasteiger charge is 2.35. The summed E-state index contributed by atoms with van der Waals surface area (Å²) >= 11 is 0. The van der Waals surface area contributed by atoms with Crippen molar-refractivity contribution in [1.82, 2.24) is 0 Å². The van der Waals surface area contributed by atoms with E-state index in [4.69, 9.17) is 5.73 Å². The Morgan fingerprint density at radius 2 is 2.11 bits per heavy atom. The lowest BCUT2D eigenvalue weighted by Crippen LogP contribution is -2.48. The number of rotatable bonds is 3. The van der Waals surface area contributed by atoms with E-state index in [9.17, 15) is 0 Å². The second-order valence-electron chi connectivity index (χ2n) is 6.17. The molecule has 1 heterocycles. The van der Waals surface area contributed by atoms with Crippen LogP contribution in [-0.4, -0.2) is 12.1 Å². The van der Waals surface area contributed by atoms with Crippen molar-refractivity contribution in [2.45, 2.75) is 58.5 Å². The first kappa shape index (κ1) is 13.4. The molecule has 0 fully saturated rings. The van der Waals surface area contributed by atoms with Crippen molar-refractivity contribution in [2.75, 3.05) is 11.4 Å². The average molecular weight is 246 g/mol. The monoisotopic (exact) mass is 246 g/mol. The molecule has 0 amide bonds. The number of fused-ring (bicyclic) bond motifs is 1. The summed E-state index contributed by atoms with van der Waals surface area (Å²) in [7, 11) is 0. The summed E-state index contributed by atoms with van der Waals surface area (Å²) in [5.41, 5.74) is 10.2. The molecule has 0 bridgehead atoms. The average Bonchev–Trinajstić information content (AvgIpc) is 2.33. The molecule has 0 aliphatic carbocycles. The lowest BCUT2D eigenvalue weighted by molar-refractivity contribution is 0.376. The SMILES string of the molecule is CCCN1c2ccc(CN)cc2C(C)CC1(C)C. The third-order valence-corrected chi connectivity index (χ3v) is 4.13. The number of hydrogen-bond acceptors (Lipinski definition) is 2. The van der Waals surface area contributed by atoms with Gasteiger partial charge in [-0.2, -0.15) is 0 Å². The molecule has 0 aromatic heterocycles. The quantitative estimate of drug-likeness (QED) is 0.882. The summed E-state index contributed by atoms with van der Waals surface area (Å²) < 4.78 is 0. The van der Waals surface area contributed by atoms with Gasteiger partial charge in [0.15, 0.2) is 0 Å². The molecular formula is C16H26N2. The normalized spacial score (nSPS) is 21.8. The van der Waals surface area contributed by atoms with Crippen molar-refractivity contribution in [3.63, 3.8) is 0 Å². The maximum atomic E-state index is 5.76. The van der Waals surface area contributed by atoms with Crippen molar-refractivity contribution in [2.24, 2.45) is 5.73 Å². The molecule has 18 heavy (non-hydrogen) atoms. The van der Waals surface area contributed by atoms with Crippen molar-refractivity contribution < 1.29 is 0 Å². The molecule has 0 saturated carbocycles. The fraction of sp³-hybridized carbons (Fsp3) is 0.625. The third kappa shape index (κ3) is 2.26. The Bertz CT molecular complexity index is 423. The molecule has 0 radical (unpaired) electrons. The van der Waals surface area contributed by atoms with Gasteiger partial charge in [0.2, 0.25) is 0 Å². The molecule has 2 rings (SSSR count). The summed E-state index contributed by atoms with van der Waals surface area (Å²) in [5.74, 6) is 0.620. The summed E-state index contributed by atoms with van der Waals surface area (Å²) in [6.07, 6.45) is 2.41. The number of nitrogens with two attached hydrogens (primary N) is 1. The Hall–Kier alpha value is -1.02. The van der Waals surface area contributed by atoms with E-state index >= 15 is 0 Å². The molecule has 0 saturated heterocycles. The van der Waals surface area contributed by atoms with E-state index in [2.05, 4.69) is 50.8 Å². The van der Waals surface area contributed by atoms with E-state index in [1.807, 2.05) is 0 Å². The minimum Gasteiger partial charge on any atom is -0.366 e. The van der Waals surface area contributed by atoms with Gasteiger partial charge in [0.1, 0.15) is 0 Å². The van der Waals surface area contributed by atoms with Crippen molar-refractivity contribution in [1.29, 1.82) is 0 Å². The van der Waals surface area contributed by atoms with Crippen LogP contribution < -0.4 is 10.6 Å². The van der Waals surface area contributed by atoms with Crippen LogP contribution in [0.3, 0.4) is 0 Å². The Labute approximate surface area is 111 Å². The maximum absolute atomic E-state index is 5.76. The van der Waals surface area contributed by atoms with Gasteiger partial charge in [-0.1, -0.05) is 26.0 Å². The van der Waals surface area contributed by atoms with Crippen LogP contribution in [0.4, 0.5) is 5.69 Å². The van der Waals surface area contributed by atoms with E-state index in [0.29, 0.717) is 12.5 Å². The van der Waals surface area contributed by atoms with Crippen LogP contribution in [0.1, 0.15) is 57.6 Å². The second kappa shape index (κ2) is 4.93. The topological polar surface area (TPSA) is 29.3 Å². The molecule has 1 atom stereocenters. The van der Waals surface area contributed by atoms with E-state index in [1.165, 1.54) is 29.7 Å². The zero-order valence-electron chi connectivity index (χ0n) is 12.2. The largest absolute Gasteiger partial charge is 0.366 e. The zero-order chi connectivity index (χ0) is 13.3. The minimum atomic E-state index is 0.257. The smallest absolute Gasteiger partial charge is 0.0406 e. The molecule has 1 aliphatic heterocycles. The summed E-state index contributed by atoms with van der Waals surface area (Å²) in [6, 6.07) is 6.75. The van der Waals surface area contributed by atoms with Gasteiger partial charge in [-0.15, -0.1) is 0 Å². The molecule has 0 spiro atoms. The lowest BCUT2D eigenvalue weighted by atomic mass is 9.79. The van der Waals surface area contributed by atoms with E-state index in [1.54, 1.807) is 0 Å². The van der Waals surface area contributed by atoms with Crippen LogP contribution in [0.2, 0.25) is 0 Å². The molecule has 1 aromatic carbocycles. The van der Waals surface area contributed by atoms with Crippen LogP contribution in [0, 0.1) is 0 Å². The molecule has 1 aliphatic rings. The number of anilines is 1. The number of nitrogens with zero attached hydrogens (tertiary/aromatic N) is 1. The van der Waals surface area contributed by atoms with Gasteiger partial charge in [0.05, 0.1) is 0 Å². The second-order valence-corrected chi connectivity index (χ2v) is 6.17. The molecule has 2 heteroatoms. The fourth-order valence-corrected chi connectivity index (χ4v) is 3.31. The van der Waals surface area contributed by atoms with Gasteiger partial charge < -0.3 is 10.6 Å². The fourth-order valence-electron chi connectivity index (χ4n) is 3.31. The first-order chi connectivity index (χ1) is 8.49. The van der Waals surface area contributed by atoms with Gasteiger partial charge in [-0.3, -0.25) is 0 Å². The van der Waals surface area contributed by atoms with E-state index < -0.39 is 0 Å².